The molecule has 0 aromatic heterocycles. The van der Waals surface area contributed by atoms with Crippen LogP contribution in [0.15, 0.2) is 50.8 Å². The number of amidine groups is 1. The van der Waals surface area contributed by atoms with Gasteiger partial charge in [0.2, 0.25) is 0 Å². The molecule has 1 aliphatic rings. The second-order valence-electron chi connectivity index (χ2n) is 6.43. The Hall–Kier alpha value is -2.45. The molecule has 0 saturated carbocycles. The maximum atomic E-state index is 13.0. The topological polar surface area (TPSA) is 71.4 Å². The molecule has 1 heterocycles. The van der Waals surface area contributed by atoms with Gasteiger partial charge in [0.05, 0.1) is 24.3 Å². The summed E-state index contributed by atoms with van der Waals surface area (Å²) in [5.41, 5.74) is 1.24. The molecule has 1 N–H and O–H groups in total. The molecule has 1 fully saturated rings. The summed E-state index contributed by atoms with van der Waals surface area (Å²) in [6.07, 6.45) is 2.48. The van der Waals surface area contributed by atoms with E-state index >= 15 is 0 Å². The van der Waals surface area contributed by atoms with Crippen molar-refractivity contribution < 1.29 is 19.4 Å². The smallest absolute Gasteiger partial charge is 0.266 e. The number of rotatable bonds is 7. The van der Waals surface area contributed by atoms with Gasteiger partial charge in [0.1, 0.15) is 5.75 Å². The minimum atomic E-state index is -0.133. The molecular formula is C22H23BrN2O4S. The standard InChI is InChI=1S/C22H23BrN2O4S/c1-4-10-25-21(27)19(12-14-11-15(23)13-18(20(14)26)29-5-2)30-22(25)24-16-6-8-17(28-3)9-7-16/h6-9,11-13,26H,4-5,10H2,1-3H3. The highest BCUT2D eigenvalue weighted by Gasteiger charge is 2.33. The molecule has 2 aromatic rings. The third kappa shape index (κ3) is 4.99. The number of carbonyl (C=O) groups excluding carboxylic acids is 1. The number of amides is 1. The summed E-state index contributed by atoms with van der Waals surface area (Å²) >= 11 is 4.72. The van der Waals surface area contributed by atoms with Crippen LogP contribution in [0.5, 0.6) is 17.2 Å². The lowest BCUT2D eigenvalue weighted by molar-refractivity contribution is -0.122. The number of methoxy groups -OCH3 is 1. The van der Waals surface area contributed by atoms with Gasteiger partial charge in [-0.1, -0.05) is 22.9 Å². The highest BCUT2D eigenvalue weighted by atomic mass is 79.9. The van der Waals surface area contributed by atoms with Gasteiger partial charge in [-0.05, 0) is 67.6 Å². The van der Waals surface area contributed by atoms with Gasteiger partial charge in [-0.3, -0.25) is 9.69 Å². The summed E-state index contributed by atoms with van der Waals surface area (Å²) < 4.78 is 11.4. The molecule has 6 nitrogen and oxygen atoms in total. The van der Waals surface area contributed by atoms with Crippen LogP contribution in [0.1, 0.15) is 25.8 Å². The first-order valence-corrected chi connectivity index (χ1v) is 11.2. The largest absolute Gasteiger partial charge is 0.504 e. The predicted octanol–water partition coefficient (Wildman–Crippen LogP) is 5.58. The second kappa shape index (κ2) is 10.0. The van der Waals surface area contributed by atoms with Crippen molar-refractivity contribution in [1.29, 1.82) is 0 Å². The Bertz CT molecular complexity index is 989. The maximum Gasteiger partial charge on any atom is 0.266 e. The first kappa shape index (κ1) is 22.2. The van der Waals surface area contributed by atoms with E-state index in [2.05, 4.69) is 20.9 Å². The highest BCUT2D eigenvalue weighted by molar-refractivity contribution is 9.10. The Balaban J connectivity index is 1.97. The van der Waals surface area contributed by atoms with Crippen LogP contribution in [0.25, 0.3) is 6.08 Å². The lowest BCUT2D eigenvalue weighted by atomic mass is 10.1. The molecule has 30 heavy (non-hydrogen) atoms. The van der Waals surface area contributed by atoms with Gasteiger partial charge < -0.3 is 14.6 Å². The van der Waals surface area contributed by atoms with Gasteiger partial charge in [-0.25, -0.2) is 4.99 Å². The first-order chi connectivity index (χ1) is 14.5. The van der Waals surface area contributed by atoms with Crippen molar-refractivity contribution in [3.05, 3.63) is 51.3 Å². The fourth-order valence-corrected chi connectivity index (χ4v) is 4.36. The molecule has 3 rings (SSSR count). The number of phenols is 1. The number of phenolic OH excluding ortho intramolecular Hbond substituents is 1. The van der Waals surface area contributed by atoms with Gasteiger partial charge in [0.15, 0.2) is 16.7 Å². The molecule has 1 aliphatic heterocycles. The quantitative estimate of drug-likeness (QED) is 0.513. The average Bonchev–Trinajstić information content (AvgIpc) is 3.01. The van der Waals surface area contributed by atoms with Crippen LogP contribution in [0.2, 0.25) is 0 Å². The van der Waals surface area contributed by atoms with Crippen LogP contribution in [-0.2, 0) is 4.79 Å². The summed E-state index contributed by atoms with van der Waals surface area (Å²) in [6, 6.07) is 10.8. The van der Waals surface area contributed by atoms with Gasteiger partial charge >= 0.3 is 0 Å². The molecule has 1 saturated heterocycles. The van der Waals surface area contributed by atoms with E-state index in [1.807, 2.05) is 38.1 Å². The van der Waals surface area contributed by atoms with Crippen LogP contribution in [0, 0.1) is 0 Å². The summed E-state index contributed by atoms with van der Waals surface area (Å²) in [6.45, 7) is 4.85. The van der Waals surface area contributed by atoms with Crippen molar-refractivity contribution in [2.75, 3.05) is 20.3 Å². The minimum absolute atomic E-state index is 0.00327. The highest BCUT2D eigenvalue weighted by Crippen LogP contribution is 2.39. The monoisotopic (exact) mass is 490 g/mol. The van der Waals surface area contributed by atoms with Crippen LogP contribution >= 0.6 is 27.7 Å². The summed E-state index contributed by atoms with van der Waals surface area (Å²) in [4.78, 5) is 19.8. The summed E-state index contributed by atoms with van der Waals surface area (Å²) in [5, 5.41) is 11.2. The molecule has 0 atom stereocenters. The van der Waals surface area contributed by atoms with Crippen molar-refractivity contribution in [2.24, 2.45) is 4.99 Å². The number of hydrogen-bond donors (Lipinski definition) is 1. The number of carbonyl (C=O) groups is 1. The average molecular weight is 491 g/mol. The predicted molar refractivity (Wildman–Crippen MR) is 125 cm³/mol. The second-order valence-corrected chi connectivity index (χ2v) is 8.36. The Morgan fingerprint density at radius 2 is 1.97 bits per heavy atom. The van der Waals surface area contributed by atoms with E-state index in [0.717, 1.165) is 22.3 Å². The van der Waals surface area contributed by atoms with E-state index in [9.17, 15) is 9.90 Å². The van der Waals surface area contributed by atoms with Crippen LogP contribution in [-0.4, -0.2) is 41.3 Å². The SMILES string of the molecule is CCCN1C(=O)C(=Cc2cc(Br)cc(OCC)c2O)SC1=Nc1ccc(OC)cc1. The third-order valence-electron chi connectivity index (χ3n) is 4.29. The lowest BCUT2D eigenvalue weighted by Gasteiger charge is -2.14. The molecule has 0 unspecified atom stereocenters. The minimum Gasteiger partial charge on any atom is -0.504 e. The number of hydrogen-bond acceptors (Lipinski definition) is 6. The Labute approximate surface area is 188 Å². The van der Waals surface area contributed by atoms with Crippen molar-refractivity contribution in [2.45, 2.75) is 20.3 Å². The van der Waals surface area contributed by atoms with Gasteiger partial charge in [-0.2, -0.15) is 0 Å². The van der Waals surface area contributed by atoms with Gasteiger partial charge in [0, 0.05) is 16.6 Å². The molecular weight excluding hydrogens is 468 g/mol. The van der Waals surface area contributed by atoms with E-state index in [4.69, 9.17) is 9.47 Å². The number of nitrogens with zero attached hydrogens (tertiary/aromatic N) is 2. The van der Waals surface area contributed by atoms with Crippen molar-refractivity contribution in [1.82, 2.24) is 4.90 Å². The zero-order valence-corrected chi connectivity index (χ0v) is 19.4. The van der Waals surface area contributed by atoms with Crippen LogP contribution in [0.4, 0.5) is 5.69 Å². The van der Waals surface area contributed by atoms with Crippen molar-refractivity contribution in [3.8, 4) is 17.2 Å². The van der Waals surface area contributed by atoms with Crippen LogP contribution < -0.4 is 9.47 Å². The zero-order valence-electron chi connectivity index (χ0n) is 17.0. The first-order valence-electron chi connectivity index (χ1n) is 9.56. The van der Waals surface area contributed by atoms with Gasteiger partial charge in [-0.15, -0.1) is 0 Å². The van der Waals surface area contributed by atoms with Gasteiger partial charge in [0.25, 0.3) is 5.91 Å². The number of halogens is 1. The summed E-state index contributed by atoms with van der Waals surface area (Å²) in [5.74, 6) is 0.983. The van der Waals surface area contributed by atoms with E-state index in [1.165, 1.54) is 11.8 Å². The molecule has 158 valence electrons. The number of aliphatic imine (C=N–C) groups is 1. The van der Waals surface area contributed by atoms with E-state index < -0.39 is 0 Å². The van der Waals surface area contributed by atoms with E-state index in [-0.39, 0.29) is 11.7 Å². The fourth-order valence-electron chi connectivity index (χ4n) is 2.89. The lowest BCUT2D eigenvalue weighted by Crippen LogP contribution is -2.29. The number of benzene rings is 2. The Morgan fingerprint density at radius 3 is 2.60 bits per heavy atom. The molecule has 0 bridgehead atoms. The number of ether oxygens (including phenoxy) is 2. The normalized spacial score (nSPS) is 16.5. The summed E-state index contributed by atoms with van der Waals surface area (Å²) in [7, 11) is 1.61. The van der Waals surface area contributed by atoms with E-state index in [0.29, 0.717) is 34.5 Å². The fraction of sp³-hybridized carbons (Fsp3) is 0.273. The van der Waals surface area contributed by atoms with Crippen LogP contribution in [0.3, 0.4) is 0 Å². The molecule has 2 aromatic carbocycles. The molecule has 1 amide bonds. The molecule has 8 heteroatoms. The Morgan fingerprint density at radius 1 is 1.23 bits per heavy atom. The maximum absolute atomic E-state index is 13.0. The molecule has 0 aliphatic carbocycles. The number of aromatic hydroxyl groups is 1. The van der Waals surface area contributed by atoms with E-state index in [1.54, 1.807) is 30.2 Å². The number of thioether (sulfide) groups is 1. The zero-order chi connectivity index (χ0) is 21.7. The Kier molecular flexibility index (Phi) is 7.44. The molecule has 0 radical (unpaired) electrons. The van der Waals surface area contributed by atoms with Crippen molar-refractivity contribution in [3.63, 3.8) is 0 Å². The third-order valence-corrected chi connectivity index (χ3v) is 5.75. The molecule has 0 spiro atoms. The van der Waals surface area contributed by atoms with Crippen molar-refractivity contribution >= 4 is 50.5 Å².